The minimum atomic E-state index is -1.20. The lowest BCUT2D eigenvalue weighted by atomic mass is 9.85. The number of benzene rings is 4. The molecule has 1 atom stereocenters. The first-order chi connectivity index (χ1) is 30.4. The minimum Gasteiger partial charge on any atom is -0.488 e. The number of unbranched alkanes of at least 4 members (excludes halogenated alkanes) is 2. The molecule has 2 aliphatic rings. The van der Waals surface area contributed by atoms with Crippen LogP contribution in [0.2, 0.25) is 0 Å². The monoisotopic (exact) mass is 840 g/mol. The largest absolute Gasteiger partial charge is 0.488 e. The molecule has 0 spiro atoms. The molecule has 0 saturated carbocycles. The Morgan fingerprint density at radius 2 is 1.44 bits per heavy atom. The van der Waals surface area contributed by atoms with Crippen molar-refractivity contribution >= 4 is 35.3 Å². The number of anilines is 1. The zero-order chi connectivity index (χ0) is 43.3. The second-order valence-electron chi connectivity index (χ2n) is 15.0. The predicted molar refractivity (Wildman–Crippen MR) is 245 cm³/mol. The SMILES string of the molecule is CCCCN(CCCCO)c1ccc(/C=C/c2sc(/C=C/C3=C(C#N)C(=C(C#N)C#N)OC3(C)c3ccc(-c4ccccc4)cc3)c3c2OCCO3)c(OCc2ccccc2)c1. The Morgan fingerprint density at radius 3 is 2.08 bits per heavy atom. The molecular formula is C52H48N4O5S. The summed E-state index contributed by atoms with van der Waals surface area (Å²) in [4.78, 5) is 3.99. The fraction of sp³-hybridized carbons (Fsp3) is 0.250. The van der Waals surface area contributed by atoms with Crippen LogP contribution in [0.3, 0.4) is 0 Å². The summed E-state index contributed by atoms with van der Waals surface area (Å²) in [6, 6.07) is 40.4. The molecule has 7 rings (SSSR count). The predicted octanol–water partition coefficient (Wildman–Crippen LogP) is 11.4. The van der Waals surface area contributed by atoms with Crippen LogP contribution in [-0.4, -0.2) is 38.0 Å². The molecule has 3 heterocycles. The van der Waals surface area contributed by atoms with E-state index < -0.39 is 5.60 Å². The van der Waals surface area contributed by atoms with E-state index in [1.165, 1.54) is 11.3 Å². The Balaban J connectivity index is 1.24. The number of aliphatic hydroxyl groups excluding tert-OH is 1. The van der Waals surface area contributed by atoms with Crippen molar-refractivity contribution in [1.82, 2.24) is 0 Å². The number of aliphatic hydroxyl groups is 1. The third-order valence-electron chi connectivity index (χ3n) is 10.9. The summed E-state index contributed by atoms with van der Waals surface area (Å²) in [5.74, 6) is 1.93. The second-order valence-corrected chi connectivity index (χ2v) is 16.1. The summed E-state index contributed by atoms with van der Waals surface area (Å²) in [5, 5.41) is 39.7. The zero-order valence-corrected chi connectivity index (χ0v) is 35.8. The number of rotatable bonds is 17. The van der Waals surface area contributed by atoms with Gasteiger partial charge in [0.2, 0.25) is 0 Å². The van der Waals surface area contributed by atoms with E-state index in [9.17, 15) is 20.9 Å². The Morgan fingerprint density at radius 1 is 0.790 bits per heavy atom. The maximum Gasteiger partial charge on any atom is 0.180 e. The average molecular weight is 841 g/mol. The highest BCUT2D eigenvalue weighted by Crippen LogP contribution is 2.50. The number of hydrogen-bond donors (Lipinski definition) is 1. The minimum absolute atomic E-state index is 0.0434. The van der Waals surface area contributed by atoms with E-state index in [0.29, 0.717) is 36.9 Å². The second kappa shape index (κ2) is 20.5. The van der Waals surface area contributed by atoms with Gasteiger partial charge in [-0.15, -0.1) is 11.3 Å². The van der Waals surface area contributed by atoms with Crippen molar-refractivity contribution in [3.05, 3.63) is 158 Å². The average Bonchev–Trinajstić information content (AvgIpc) is 3.82. The summed E-state index contributed by atoms with van der Waals surface area (Å²) in [6.45, 7) is 7.15. The summed E-state index contributed by atoms with van der Waals surface area (Å²) >= 11 is 1.49. The van der Waals surface area contributed by atoms with Crippen molar-refractivity contribution in [2.75, 3.05) is 37.8 Å². The molecule has 62 heavy (non-hydrogen) atoms. The third-order valence-corrected chi connectivity index (χ3v) is 12.0. The molecule has 0 radical (unpaired) electrons. The van der Waals surface area contributed by atoms with Crippen LogP contribution in [0.1, 0.15) is 66.0 Å². The normalized spacial score (nSPS) is 15.6. The van der Waals surface area contributed by atoms with Gasteiger partial charge in [0.15, 0.2) is 28.4 Å². The Bertz CT molecular complexity index is 2590. The van der Waals surface area contributed by atoms with Gasteiger partial charge < -0.3 is 29.0 Å². The van der Waals surface area contributed by atoms with Gasteiger partial charge in [0.1, 0.15) is 49.4 Å². The molecule has 1 unspecified atom stereocenters. The van der Waals surface area contributed by atoms with Crippen molar-refractivity contribution in [2.24, 2.45) is 0 Å². The molecule has 0 amide bonds. The molecule has 0 aliphatic carbocycles. The number of thiophene rings is 1. The van der Waals surface area contributed by atoms with Crippen molar-refractivity contribution < 1.29 is 24.1 Å². The van der Waals surface area contributed by atoms with Gasteiger partial charge in [-0.25, -0.2) is 0 Å². The molecule has 10 heteroatoms. The van der Waals surface area contributed by atoms with Crippen LogP contribution >= 0.6 is 11.3 Å². The lowest BCUT2D eigenvalue weighted by molar-refractivity contribution is 0.0755. The maximum atomic E-state index is 10.5. The van der Waals surface area contributed by atoms with Crippen molar-refractivity contribution in [2.45, 2.75) is 51.7 Å². The Hall–Kier alpha value is -7.03. The number of nitriles is 3. The van der Waals surface area contributed by atoms with E-state index >= 15 is 0 Å². The van der Waals surface area contributed by atoms with Crippen LogP contribution in [0, 0.1) is 34.0 Å². The van der Waals surface area contributed by atoms with Gasteiger partial charge in [-0.05, 0) is 78.8 Å². The van der Waals surface area contributed by atoms with Gasteiger partial charge in [-0.3, -0.25) is 0 Å². The molecule has 1 N–H and O–H groups in total. The van der Waals surface area contributed by atoms with E-state index in [-0.39, 0.29) is 23.5 Å². The molecule has 312 valence electrons. The van der Waals surface area contributed by atoms with Gasteiger partial charge in [0.05, 0.1) is 9.75 Å². The number of allylic oxidation sites excluding steroid dienone is 2. The van der Waals surface area contributed by atoms with Crippen LogP contribution in [0.4, 0.5) is 5.69 Å². The molecule has 0 fully saturated rings. The van der Waals surface area contributed by atoms with Gasteiger partial charge in [-0.2, -0.15) is 15.8 Å². The van der Waals surface area contributed by atoms with Crippen LogP contribution < -0.4 is 19.1 Å². The lowest BCUT2D eigenvalue weighted by Crippen LogP contribution is -2.25. The van der Waals surface area contributed by atoms with Crippen molar-refractivity contribution in [3.63, 3.8) is 0 Å². The smallest absolute Gasteiger partial charge is 0.180 e. The van der Waals surface area contributed by atoms with Crippen LogP contribution in [0.5, 0.6) is 17.2 Å². The maximum absolute atomic E-state index is 10.5. The van der Waals surface area contributed by atoms with Gasteiger partial charge in [0, 0.05) is 42.6 Å². The zero-order valence-electron chi connectivity index (χ0n) is 35.0. The van der Waals surface area contributed by atoms with Crippen molar-refractivity contribution in [3.8, 4) is 46.6 Å². The first-order valence-corrected chi connectivity index (χ1v) is 21.7. The van der Waals surface area contributed by atoms with E-state index in [4.69, 9.17) is 18.9 Å². The highest BCUT2D eigenvalue weighted by molar-refractivity contribution is 7.14. The number of nitrogens with zero attached hydrogens (tertiary/aromatic N) is 4. The van der Waals surface area contributed by atoms with Crippen LogP contribution in [0.15, 0.2) is 132 Å². The lowest BCUT2D eigenvalue weighted by Gasteiger charge is -2.27. The molecule has 0 bridgehead atoms. The summed E-state index contributed by atoms with van der Waals surface area (Å²) in [7, 11) is 0. The van der Waals surface area contributed by atoms with Gasteiger partial charge in [-0.1, -0.05) is 104 Å². The topological polar surface area (TPSA) is 132 Å². The number of hydrogen-bond acceptors (Lipinski definition) is 10. The molecule has 2 aliphatic heterocycles. The summed E-state index contributed by atoms with van der Waals surface area (Å²) in [6.07, 6.45) is 11.5. The van der Waals surface area contributed by atoms with Crippen molar-refractivity contribution in [1.29, 1.82) is 15.8 Å². The number of ether oxygens (including phenoxy) is 4. The molecule has 1 aromatic heterocycles. The summed E-state index contributed by atoms with van der Waals surface area (Å²) < 4.78 is 25.4. The van der Waals surface area contributed by atoms with E-state index in [0.717, 1.165) is 87.8 Å². The van der Waals surface area contributed by atoms with E-state index in [1.807, 2.05) is 128 Å². The van der Waals surface area contributed by atoms with Gasteiger partial charge in [0.25, 0.3) is 0 Å². The molecule has 0 saturated heterocycles. The molecular weight excluding hydrogens is 793 g/mol. The van der Waals surface area contributed by atoms with Crippen LogP contribution in [0.25, 0.3) is 29.4 Å². The third kappa shape index (κ3) is 9.62. The summed E-state index contributed by atoms with van der Waals surface area (Å²) in [5.41, 5.74) is 5.01. The highest BCUT2D eigenvalue weighted by atomic mass is 32.1. The molecule has 5 aromatic rings. The number of fused-ring (bicyclic) bond motifs is 1. The van der Waals surface area contributed by atoms with E-state index in [1.54, 1.807) is 0 Å². The first-order valence-electron chi connectivity index (χ1n) is 20.9. The quantitative estimate of drug-likeness (QED) is 0.0718. The Kier molecular flexibility index (Phi) is 14.2. The highest BCUT2D eigenvalue weighted by Gasteiger charge is 2.44. The van der Waals surface area contributed by atoms with Crippen LogP contribution in [-0.2, 0) is 16.9 Å². The fourth-order valence-electron chi connectivity index (χ4n) is 7.54. The molecule has 9 nitrogen and oxygen atoms in total. The van der Waals surface area contributed by atoms with Gasteiger partial charge >= 0.3 is 0 Å². The molecule has 4 aromatic carbocycles. The fourth-order valence-corrected chi connectivity index (χ4v) is 8.54. The first kappa shape index (κ1) is 43.1. The van der Waals surface area contributed by atoms with E-state index in [2.05, 4.69) is 36.1 Å². The standard InChI is InChI=1S/C52H48N4O5S/c1-3-4-27-56(28-11-12-29-57)43-23-19-40(46(32-43)60-36-37-13-7-5-8-14-37)20-25-47-50-51(59-31-30-58-50)48(62-47)26-24-45-44(35-55)49(41(33-53)34-54)61-52(45,2)42-21-17-39(18-22-42)38-15-9-6-10-16-38/h5-10,13-26,32,57H,3-4,11-12,27-31,36H2,1-2H3/b25-20+,26-24+. The Labute approximate surface area is 367 Å².